The third-order valence-electron chi connectivity index (χ3n) is 2.79. The number of rotatable bonds is 4. The van der Waals surface area contributed by atoms with Gasteiger partial charge in [-0.25, -0.2) is 0 Å². The highest BCUT2D eigenvalue weighted by molar-refractivity contribution is 6.27. The molecule has 1 fully saturated rings. The number of amides is 2. The summed E-state index contributed by atoms with van der Waals surface area (Å²) in [7, 11) is 0. The fourth-order valence-electron chi connectivity index (χ4n) is 1.93. The molecule has 0 aromatic carbocycles. The summed E-state index contributed by atoms with van der Waals surface area (Å²) in [6.45, 7) is 0.0298. The van der Waals surface area contributed by atoms with Crippen LogP contribution in [0.25, 0.3) is 0 Å². The number of hydrogen-bond acceptors (Lipinski definition) is 2. The van der Waals surface area contributed by atoms with Crippen LogP contribution in [0.1, 0.15) is 38.5 Å². The zero-order chi connectivity index (χ0) is 11.8. The van der Waals surface area contributed by atoms with Gasteiger partial charge in [-0.2, -0.15) is 0 Å². The second-order valence-corrected chi connectivity index (χ2v) is 4.43. The summed E-state index contributed by atoms with van der Waals surface area (Å²) >= 11 is 5.31. The summed E-state index contributed by atoms with van der Waals surface area (Å²) in [5, 5.41) is 5.40. The van der Waals surface area contributed by atoms with Crippen molar-refractivity contribution in [1.29, 1.82) is 0 Å². The van der Waals surface area contributed by atoms with Crippen molar-refractivity contribution >= 4 is 23.4 Å². The van der Waals surface area contributed by atoms with Crippen molar-refractivity contribution in [3.05, 3.63) is 0 Å². The lowest BCUT2D eigenvalue weighted by atomic mass is 10.1. The molecule has 0 unspecified atom stereocenters. The number of nitrogens with one attached hydrogen (secondary N) is 2. The lowest BCUT2D eigenvalue weighted by molar-refractivity contribution is -0.125. The third kappa shape index (κ3) is 5.35. The van der Waals surface area contributed by atoms with E-state index in [0.717, 1.165) is 12.8 Å². The van der Waals surface area contributed by atoms with Gasteiger partial charge in [0.05, 0.1) is 6.54 Å². The van der Waals surface area contributed by atoms with Crippen LogP contribution in [0.3, 0.4) is 0 Å². The third-order valence-corrected chi connectivity index (χ3v) is 3.03. The lowest BCUT2D eigenvalue weighted by Crippen LogP contribution is -2.42. The van der Waals surface area contributed by atoms with Crippen molar-refractivity contribution < 1.29 is 9.59 Å². The molecule has 2 amide bonds. The quantitative estimate of drug-likeness (QED) is 0.578. The highest BCUT2D eigenvalue weighted by atomic mass is 35.5. The van der Waals surface area contributed by atoms with Gasteiger partial charge in [0.1, 0.15) is 5.88 Å². The van der Waals surface area contributed by atoms with Crippen molar-refractivity contribution in [2.45, 2.75) is 44.6 Å². The van der Waals surface area contributed by atoms with Gasteiger partial charge >= 0.3 is 0 Å². The second-order valence-electron chi connectivity index (χ2n) is 4.17. The number of carbonyl (C=O) groups is 2. The molecule has 1 saturated carbocycles. The molecule has 16 heavy (non-hydrogen) atoms. The van der Waals surface area contributed by atoms with Crippen molar-refractivity contribution in [2.75, 3.05) is 12.4 Å². The van der Waals surface area contributed by atoms with Crippen LogP contribution in [-0.2, 0) is 9.59 Å². The maximum Gasteiger partial charge on any atom is 0.239 e. The molecular weight excluding hydrogens is 228 g/mol. The summed E-state index contributed by atoms with van der Waals surface area (Å²) < 4.78 is 0. The van der Waals surface area contributed by atoms with Crippen molar-refractivity contribution in [3.63, 3.8) is 0 Å². The van der Waals surface area contributed by atoms with E-state index in [-0.39, 0.29) is 30.3 Å². The molecular formula is C11H19ClN2O2. The van der Waals surface area contributed by atoms with E-state index in [0.29, 0.717) is 0 Å². The van der Waals surface area contributed by atoms with E-state index in [1.165, 1.54) is 25.7 Å². The Morgan fingerprint density at radius 3 is 2.25 bits per heavy atom. The Labute approximate surface area is 101 Å². The topological polar surface area (TPSA) is 58.2 Å². The smallest absolute Gasteiger partial charge is 0.239 e. The molecule has 0 atom stereocenters. The molecule has 0 bridgehead atoms. The summed E-state index contributed by atoms with van der Waals surface area (Å²) in [5.74, 6) is -0.528. The first kappa shape index (κ1) is 13.3. The minimum atomic E-state index is -0.308. The zero-order valence-electron chi connectivity index (χ0n) is 9.43. The van der Waals surface area contributed by atoms with E-state index in [1.807, 2.05) is 0 Å². The highest BCUT2D eigenvalue weighted by Gasteiger charge is 2.14. The fourth-order valence-corrected chi connectivity index (χ4v) is 2.02. The van der Waals surface area contributed by atoms with E-state index in [9.17, 15) is 9.59 Å². The van der Waals surface area contributed by atoms with E-state index in [4.69, 9.17) is 11.6 Å². The lowest BCUT2D eigenvalue weighted by Gasteiger charge is -2.16. The summed E-state index contributed by atoms with van der Waals surface area (Å²) in [6.07, 6.45) is 6.98. The zero-order valence-corrected chi connectivity index (χ0v) is 10.2. The molecule has 0 saturated heterocycles. The van der Waals surface area contributed by atoms with E-state index in [2.05, 4.69) is 10.6 Å². The summed E-state index contributed by atoms with van der Waals surface area (Å²) in [5.41, 5.74) is 0. The van der Waals surface area contributed by atoms with Crippen LogP contribution in [0.4, 0.5) is 0 Å². The molecule has 4 nitrogen and oxygen atoms in total. The van der Waals surface area contributed by atoms with Gasteiger partial charge in [-0.15, -0.1) is 11.6 Å². The maximum atomic E-state index is 11.5. The van der Waals surface area contributed by atoms with Crippen LogP contribution in [-0.4, -0.2) is 30.3 Å². The second kappa shape index (κ2) is 7.49. The molecule has 1 rings (SSSR count). The average molecular weight is 247 g/mol. The van der Waals surface area contributed by atoms with Crippen LogP contribution in [0, 0.1) is 0 Å². The van der Waals surface area contributed by atoms with Gasteiger partial charge in [0.25, 0.3) is 0 Å². The molecule has 1 aliphatic rings. The van der Waals surface area contributed by atoms with Gasteiger partial charge in [0, 0.05) is 6.04 Å². The van der Waals surface area contributed by atoms with Gasteiger partial charge < -0.3 is 10.6 Å². The molecule has 0 aliphatic heterocycles. The SMILES string of the molecule is O=C(CCl)NCC(=O)NC1CCCCCC1. The number of halogens is 1. The monoisotopic (exact) mass is 246 g/mol. The van der Waals surface area contributed by atoms with Crippen LogP contribution >= 0.6 is 11.6 Å². The molecule has 1 aliphatic carbocycles. The van der Waals surface area contributed by atoms with Gasteiger partial charge in [-0.3, -0.25) is 9.59 Å². The van der Waals surface area contributed by atoms with Gasteiger partial charge in [0.2, 0.25) is 11.8 Å². The number of alkyl halides is 1. The largest absolute Gasteiger partial charge is 0.352 e. The minimum absolute atomic E-state index is 0.0298. The van der Waals surface area contributed by atoms with Crippen LogP contribution in [0.15, 0.2) is 0 Å². The Morgan fingerprint density at radius 2 is 1.69 bits per heavy atom. The predicted molar refractivity (Wildman–Crippen MR) is 63.4 cm³/mol. The summed E-state index contributed by atoms with van der Waals surface area (Å²) in [4.78, 5) is 22.3. The Hall–Kier alpha value is -0.770. The Bertz CT molecular complexity index is 238. The molecule has 0 aromatic heterocycles. The standard InChI is InChI=1S/C11H19ClN2O2/c12-7-10(15)13-8-11(16)14-9-5-3-1-2-4-6-9/h9H,1-8H2,(H,13,15)(H,14,16). The number of carbonyl (C=O) groups excluding carboxylic acids is 2. The van der Waals surface area contributed by atoms with E-state index in [1.54, 1.807) is 0 Å². The normalized spacial score (nSPS) is 17.6. The maximum absolute atomic E-state index is 11.5. The Kier molecular flexibility index (Phi) is 6.23. The first-order chi connectivity index (χ1) is 7.72. The number of hydrogen-bond donors (Lipinski definition) is 2. The van der Waals surface area contributed by atoms with E-state index < -0.39 is 0 Å². The van der Waals surface area contributed by atoms with Crippen LogP contribution in [0.5, 0.6) is 0 Å². The van der Waals surface area contributed by atoms with Crippen molar-refractivity contribution in [2.24, 2.45) is 0 Å². The molecule has 0 spiro atoms. The van der Waals surface area contributed by atoms with Crippen molar-refractivity contribution in [1.82, 2.24) is 10.6 Å². The highest BCUT2D eigenvalue weighted by Crippen LogP contribution is 2.16. The van der Waals surface area contributed by atoms with Crippen LogP contribution < -0.4 is 10.6 Å². The molecule has 92 valence electrons. The first-order valence-electron chi connectivity index (χ1n) is 5.84. The van der Waals surface area contributed by atoms with Crippen LogP contribution in [0.2, 0.25) is 0 Å². The van der Waals surface area contributed by atoms with Gasteiger partial charge in [-0.05, 0) is 12.8 Å². The van der Waals surface area contributed by atoms with Gasteiger partial charge in [-0.1, -0.05) is 25.7 Å². The van der Waals surface area contributed by atoms with Gasteiger partial charge in [0.15, 0.2) is 0 Å². The Morgan fingerprint density at radius 1 is 1.06 bits per heavy atom. The first-order valence-corrected chi connectivity index (χ1v) is 6.38. The Balaban J connectivity index is 2.19. The molecule has 5 heteroatoms. The molecule has 0 radical (unpaired) electrons. The fraction of sp³-hybridized carbons (Fsp3) is 0.818. The molecule has 2 N–H and O–H groups in total. The predicted octanol–water partition coefficient (Wildman–Crippen LogP) is 1.18. The molecule has 0 heterocycles. The minimum Gasteiger partial charge on any atom is -0.352 e. The average Bonchev–Trinajstić information content (AvgIpc) is 2.54. The molecule has 0 aromatic rings. The summed E-state index contributed by atoms with van der Waals surface area (Å²) in [6, 6.07) is 0.280. The van der Waals surface area contributed by atoms with E-state index >= 15 is 0 Å². The van der Waals surface area contributed by atoms with Crippen molar-refractivity contribution in [3.8, 4) is 0 Å².